The first-order valence-electron chi connectivity index (χ1n) is 6.90. The minimum absolute atomic E-state index is 0.334. The summed E-state index contributed by atoms with van der Waals surface area (Å²) in [4.78, 5) is 0. The van der Waals surface area contributed by atoms with E-state index < -0.39 is 0 Å². The van der Waals surface area contributed by atoms with E-state index in [0.717, 1.165) is 6.42 Å². The number of nitrogens with one attached hydrogen (secondary N) is 1. The van der Waals surface area contributed by atoms with Crippen LogP contribution < -0.4 is 5.32 Å². The van der Waals surface area contributed by atoms with E-state index in [-0.39, 0.29) is 0 Å². The zero-order valence-electron chi connectivity index (χ0n) is 10.8. The molecule has 2 saturated heterocycles. The number of rotatable bonds is 4. The first kappa shape index (κ1) is 12.0. The smallest absolute Gasteiger partial charge is 0.115 e. The van der Waals surface area contributed by atoms with Crippen LogP contribution in [0.5, 0.6) is 5.75 Å². The number of phenols is 1. The van der Waals surface area contributed by atoms with Crippen molar-refractivity contribution in [2.45, 2.75) is 56.9 Å². The summed E-state index contributed by atoms with van der Waals surface area (Å²) in [5.74, 6) is 0.334. The molecule has 0 amide bonds. The van der Waals surface area contributed by atoms with Crippen molar-refractivity contribution in [3.05, 3.63) is 29.8 Å². The number of fused-ring (bicyclic) bond motifs is 2. The standard InChI is InChI=1S/C15H21NO2/c1-10(8-11-2-4-12(17)5-3-11)16-14-9-13-6-7-15(14)18-13/h2-5,10,13-17H,6-9H2,1H3. The van der Waals surface area contributed by atoms with Crippen molar-refractivity contribution >= 4 is 0 Å². The van der Waals surface area contributed by atoms with Gasteiger partial charge in [-0.3, -0.25) is 0 Å². The average molecular weight is 247 g/mol. The Hall–Kier alpha value is -1.06. The Morgan fingerprint density at radius 3 is 2.72 bits per heavy atom. The van der Waals surface area contributed by atoms with Crippen LogP contribution in [0.2, 0.25) is 0 Å². The summed E-state index contributed by atoms with van der Waals surface area (Å²) in [6.07, 6.45) is 5.58. The Bertz CT molecular complexity index is 403. The van der Waals surface area contributed by atoms with Crippen LogP contribution in [0, 0.1) is 0 Å². The highest BCUT2D eigenvalue weighted by Gasteiger charge is 2.40. The summed E-state index contributed by atoms with van der Waals surface area (Å²) in [5.41, 5.74) is 1.26. The molecule has 2 fully saturated rings. The second-order valence-electron chi connectivity index (χ2n) is 5.65. The Balaban J connectivity index is 1.52. The van der Waals surface area contributed by atoms with Gasteiger partial charge < -0.3 is 15.2 Å². The van der Waals surface area contributed by atoms with Crippen LogP contribution in [0.1, 0.15) is 31.7 Å². The molecule has 4 unspecified atom stereocenters. The molecule has 2 aliphatic heterocycles. The number of ether oxygens (including phenoxy) is 1. The quantitative estimate of drug-likeness (QED) is 0.857. The van der Waals surface area contributed by atoms with Gasteiger partial charge in [0.1, 0.15) is 5.75 Å². The molecule has 2 aliphatic rings. The molecule has 1 aromatic rings. The van der Waals surface area contributed by atoms with E-state index in [4.69, 9.17) is 4.74 Å². The van der Waals surface area contributed by atoms with Crippen molar-refractivity contribution < 1.29 is 9.84 Å². The van der Waals surface area contributed by atoms with E-state index >= 15 is 0 Å². The van der Waals surface area contributed by atoms with Gasteiger partial charge in [0.15, 0.2) is 0 Å². The molecule has 0 aromatic heterocycles. The summed E-state index contributed by atoms with van der Waals surface area (Å²) in [6.45, 7) is 2.22. The second-order valence-corrected chi connectivity index (χ2v) is 5.65. The second kappa shape index (κ2) is 4.90. The van der Waals surface area contributed by atoms with Crippen molar-refractivity contribution in [1.82, 2.24) is 5.32 Å². The van der Waals surface area contributed by atoms with E-state index in [0.29, 0.717) is 30.0 Å². The molecule has 3 heteroatoms. The van der Waals surface area contributed by atoms with Gasteiger partial charge in [-0.25, -0.2) is 0 Å². The van der Waals surface area contributed by atoms with E-state index in [1.54, 1.807) is 12.1 Å². The monoisotopic (exact) mass is 247 g/mol. The minimum Gasteiger partial charge on any atom is -0.508 e. The van der Waals surface area contributed by atoms with E-state index in [1.807, 2.05) is 12.1 Å². The van der Waals surface area contributed by atoms with Gasteiger partial charge in [-0.15, -0.1) is 0 Å². The summed E-state index contributed by atoms with van der Waals surface area (Å²) in [6, 6.07) is 8.47. The van der Waals surface area contributed by atoms with Crippen LogP contribution >= 0.6 is 0 Å². The molecule has 0 radical (unpaired) electrons. The molecule has 2 bridgehead atoms. The van der Waals surface area contributed by atoms with Gasteiger partial charge in [0.05, 0.1) is 12.2 Å². The van der Waals surface area contributed by atoms with Gasteiger partial charge in [0.25, 0.3) is 0 Å². The fraction of sp³-hybridized carbons (Fsp3) is 0.600. The molecular formula is C15H21NO2. The summed E-state index contributed by atoms with van der Waals surface area (Å²) in [5, 5.41) is 12.9. The third kappa shape index (κ3) is 2.52. The Kier molecular flexibility index (Phi) is 3.27. The molecule has 3 nitrogen and oxygen atoms in total. The zero-order chi connectivity index (χ0) is 12.5. The molecule has 18 heavy (non-hydrogen) atoms. The predicted octanol–water partition coefficient (Wildman–Crippen LogP) is 2.23. The third-order valence-corrected chi connectivity index (χ3v) is 4.08. The number of benzene rings is 1. The third-order valence-electron chi connectivity index (χ3n) is 4.08. The van der Waals surface area contributed by atoms with Crippen LogP contribution in [0.3, 0.4) is 0 Å². The lowest BCUT2D eigenvalue weighted by atomic mass is 9.94. The van der Waals surface area contributed by atoms with Gasteiger partial charge in [-0.2, -0.15) is 0 Å². The Morgan fingerprint density at radius 2 is 2.11 bits per heavy atom. The van der Waals surface area contributed by atoms with Crippen LogP contribution in [0.4, 0.5) is 0 Å². The van der Waals surface area contributed by atoms with E-state index in [1.165, 1.54) is 24.8 Å². The number of phenolic OH excluding ortho intramolecular Hbond substituents is 1. The highest BCUT2D eigenvalue weighted by molar-refractivity contribution is 5.26. The van der Waals surface area contributed by atoms with Crippen LogP contribution in [-0.2, 0) is 11.2 Å². The van der Waals surface area contributed by atoms with E-state index in [9.17, 15) is 5.11 Å². The first-order chi connectivity index (χ1) is 8.70. The topological polar surface area (TPSA) is 41.5 Å². The van der Waals surface area contributed by atoms with Gasteiger partial charge in [0.2, 0.25) is 0 Å². The summed E-state index contributed by atoms with van der Waals surface area (Å²) < 4.78 is 5.86. The van der Waals surface area contributed by atoms with Crippen LogP contribution in [0.15, 0.2) is 24.3 Å². The van der Waals surface area contributed by atoms with Crippen molar-refractivity contribution in [2.75, 3.05) is 0 Å². The number of aromatic hydroxyl groups is 1. The van der Waals surface area contributed by atoms with Gasteiger partial charge in [-0.05, 0) is 50.3 Å². The van der Waals surface area contributed by atoms with Crippen molar-refractivity contribution in [3.63, 3.8) is 0 Å². The SMILES string of the molecule is CC(Cc1ccc(O)cc1)NC1CC2CCC1O2. The molecular weight excluding hydrogens is 226 g/mol. The Labute approximate surface area is 108 Å². The number of hydrogen-bond acceptors (Lipinski definition) is 3. The van der Waals surface area contributed by atoms with Gasteiger partial charge in [-0.1, -0.05) is 12.1 Å². The summed E-state index contributed by atoms with van der Waals surface area (Å²) >= 11 is 0. The first-order valence-corrected chi connectivity index (χ1v) is 6.90. The lowest BCUT2D eigenvalue weighted by Crippen LogP contribution is -2.43. The molecule has 4 atom stereocenters. The van der Waals surface area contributed by atoms with Crippen LogP contribution in [-0.4, -0.2) is 29.4 Å². The molecule has 2 N–H and O–H groups in total. The Morgan fingerprint density at radius 1 is 1.33 bits per heavy atom. The molecule has 3 rings (SSSR count). The lowest BCUT2D eigenvalue weighted by Gasteiger charge is -2.24. The molecule has 98 valence electrons. The minimum atomic E-state index is 0.334. The normalized spacial score (nSPS) is 31.7. The predicted molar refractivity (Wildman–Crippen MR) is 70.7 cm³/mol. The highest BCUT2D eigenvalue weighted by Crippen LogP contribution is 2.34. The average Bonchev–Trinajstić information content (AvgIpc) is 2.94. The lowest BCUT2D eigenvalue weighted by molar-refractivity contribution is 0.0962. The highest BCUT2D eigenvalue weighted by atomic mass is 16.5. The molecule has 0 spiro atoms. The molecule has 0 saturated carbocycles. The van der Waals surface area contributed by atoms with Crippen LogP contribution in [0.25, 0.3) is 0 Å². The molecule has 0 aliphatic carbocycles. The summed E-state index contributed by atoms with van der Waals surface area (Å²) in [7, 11) is 0. The van der Waals surface area contributed by atoms with Gasteiger partial charge >= 0.3 is 0 Å². The van der Waals surface area contributed by atoms with Crippen molar-refractivity contribution in [2.24, 2.45) is 0 Å². The largest absolute Gasteiger partial charge is 0.508 e. The maximum atomic E-state index is 9.26. The molecule has 1 aromatic carbocycles. The fourth-order valence-electron chi connectivity index (χ4n) is 3.22. The zero-order valence-corrected chi connectivity index (χ0v) is 10.8. The maximum absolute atomic E-state index is 9.26. The molecule has 2 heterocycles. The van der Waals surface area contributed by atoms with Crippen molar-refractivity contribution in [1.29, 1.82) is 0 Å². The van der Waals surface area contributed by atoms with Crippen molar-refractivity contribution in [3.8, 4) is 5.75 Å². The maximum Gasteiger partial charge on any atom is 0.115 e. The fourth-order valence-corrected chi connectivity index (χ4v) is 3.22. The van der Waals surface area contributed by atoms with E-state index in [2.05, 4.69) is 12.2 Å². The number of hydrogen-bond donors (Lipinski definition) is 2. The van der Waals surface area contributed by atoms with Gasteiger partial charge in [0, 0.05) is 12.1 Å².